The summed E-state index contributed by atoms with van der Waals surface area (Å²) in [7, 11) is 0. The third kappa shape index (κ3) is 2.58. The van der Waals surface area contributed by atoms with Crippen LogP contribution in [0.2, 0.25) is 0 Å². The lowest BCUT2D eigenvalue weighted by Crippen LogP contribution is -2.15. The average Bonchev–Trinajstić information content (AvgIpc) is 2.72. The molecule has 21 heavy (non-hydrogen) atoms. The zero-order valence-electron chi connectivity index (χ0n) is 12.3. The highest BCUT2D eigenvalue weighted by molar-refractivity contribution is 9.10. The molecular weight excluding hydrogens is 344 g/mol. The van der Waals surface area contributed by atoms with Gasteiger partial charge in [-0.1, -0.05) is 54.9 Å². The standard InChI is InChI=1S/C17H17BrN2S/c1-17(2,3)12-6-4-5-7-14(12)20-15-9-8-11(18)10-13(15)19-16(20)21/h4-10H,1-3H3,(H,19,21). The minimum atomic E-state index is 0.0598. The fourth-order valence-corrected chi connectivity index (χ4v) is 3.29. The second-order valence-electron chi connectivity index (χ2n) is 6.19. The normalized spacial score (nSPS) is 12.0. The van der Waals surface area contributed by atoms with E-state index in [4.69, 9.17) is 12.2 Å². The number of nitrogens with one attached hydrogen (secondary N) is 1. The monoisotopic (exact) mass is 360 g/mol. The summed E-state index contributed by atoms with van der Waals surface area (Å²) in [6.07, 6.45) is 0. The van der Waals surface area contributed by atoms with Gasteiger partial charge in [0, 0.05) is 4.47 Å². The lowest BCUT2D eigenvalue weighted by atomic mass is 9.86. The number of para-hydroxylation sites is 1. The van der Waals surface area contributed by atoms with E-state index >= 15 is 0 Å². The summed E-state index contributed by atoms with van der Waals surface area (Å²) in [6, 6.07) is 14.6. The Bertz CT molecular complexity index is 868. The first-order chi connectivity index (χ1) is 9.88. The van der Waals surface area contributed by atoms with Crippen molar-refractivity contribution in [2.75, 3.05) is 0 Å². The summed E-state index contributed by atoms with van der Waals surface area (Å²) < 4.78 is 3.89. The average molecular weight is 361 g/mol. The zero-order chi connectivity index (χ0) is 15.2. The zero-order valence-corrected chi connectivity index (χ0v) is 14.7. The van der Waals surface area contributed by atoms with Gasteiger partial charge >= 0.3 is 0 Å². The van der Waals surface area contributed by atoms with Crippen LogP contribution in [0.4, 0.5) is 0 Å². The van der Waals surface area contributed by atoms with Gasteiger partial charge in [0.05, 0.1) is 16.7 Å². The van der Waals surface area contributed by atoms with Crippen molar-refractivity contribution in [3.05, 3.63) is 57.3 Å². The van der Waals surface area contributed by atoms with Crippen LogP contribution in [0, 0.1) is 4.77 Å². The van der Waals surface area contributed by atoms with Crippen LogP contribution in [0.5, 0.6) is 0 Å². The predicted octanol–water partition coefficient (Wildman–Crippen LogP) is 5.75. The molecule has 0 atom stereocenters. The van der Waals surface area contributed by atoms with E-state index in [0.717, 1.165) is 26.0 Å². The second-order valence-corrected chi connectivity index (χ2v) is 7.50. The maximum Gasteiger partial charge on any atom is 0.182 e. The van der Waals surface area contributed by atoms with Gasteiger partial charge < -0.3 is 4.98 Å². The van der Waals surface area contributed by atoms with Crippen molar-refractivity contribution in [1.29, 1.82) is 0 Å². The highest BCUT2D eigenvalue weighted by atomic mass is 79.9. The molecule has 0 amide bonds. The van der Waals surface area contributed by atoms with Crippen LogP contribution in [-0.2, 0) is 5.41 Å². The van der Waals surface area contributed by atoms with Gasteiger partial charge in [0.1, 0.15) is 0 Å². The van der Waals surface area contributed by atoms with E-state index in [0.29, 0.717) is 0 Å². The Morgan fingerprint density at radius 2 is 1.81 bits per heavy atom. The van der Waals surface area contributed by atoms with Crippen LogP contribution >= 0.6 is 28.1 Å². The Balaban J connectivity index is 2.37. The molecule has 0 radical (unpaired) electrons. The van der Waals surface area contributed by atoms with Gasteiger partial charge in [-0.2, -0.15) is 0 Å². The molecule has 1 heterocycles. The van der Waals surface area contributed by atoms with Crippen LogP contribution in [-0.4, -0.2) is 9.55 Å². The smallest absolute Gasteiger partial charge is 0.182 e. The molecule has 0 saturated carbocycles. The maximum atomic E-state index is 5.55. The van der Waals surface area contributed by atoms with Crippen molar-refractivity contribution >= 4 is 39.2 Å². The van der Waals surface area contributed by atoms with E-state index in [-0.39, 0.29) is 5.41 Å². The fraction of sp³-hybridized carbons (Fsp3) is 0.235. The SMILES string of the molecule is CC(C)(C)c1ccccc1-n1c(=S)[nH]c2cc(Br)ccc21. The number of H-pyrrole nitrogens is 1. The van der Waals surface area contributed by atoms with Crippen molar-refractivity contribution in [2.24, 2.45) is 0 Å². The van der Waals surface area contributed by atoms with E-state index in [9.17, 15) is 0 Å². The molecular formula is C17H17BrN2S. The van der Waals surface area contributed by atoms with Crippen LogP contribution in [0.1, 0.15) is 26.3 Å². The number of aromatic nitrogens is 2. The second kappa shape index (κ2) is 5.11. The number of imidazole rings is 1. The quantitative estimate of drug-likeness (QED) is 0.548. The molecule has 2 nitrogen and oxygen atoms in total. The van der Waals surface area contributed by atoms with Crippen LogP contribution in [0.3, 0.4) is 0 Å². The summed E-state index contributed by atoms with van der Waals surface area (Å²) in [6.45, 7) is 6.67. The van der Waals surface area contributed by atoms with Gasteiger partial charge in [-0.15, -0.1) is 0 Å². The third-order valence-corrected chi connectivity index (χ3v) is 4.38. The molecule has 1 N–H and O–H groups in total. The number of hydrogen-bond acceptors (Lipinski definition) is 1. The van der Waals surface area contributed by atoms with Gasteiger partial charge in [0.2, 0.25) is 0 Å². The molecule has 0 saturated heterocycles. The van der Waals surface area contributed by atoms with Gasteiger partial charge in [-0.3, -0.25) is 4.57 Å². The first-order valence-corrected chi connectivity index (χ1v) is 8.08. The molecule has 0 aliphatic heterocycles. The molecule has 2 aromatic carbocycles. The highest BCUT2D eigenvalue weighted by Gasteiger charge is 2.19. The van der Waals surface area contributed by atoms with Crippen molar-refractivity contribution < 1.29 is 0 Å². The fourth-order valence-electron chi connectivity index (χ4n) is 2.63. The third-order valence-electron chi connectivity index (χ3n) is 3.60. The van der Waals surface area contributed by atoms with Crippen LogP contribution in [0.15, 0.2) is 46.9 Å². The highest BCUT2D eigenvalue weighted by Crippen LogP contribution is 2.31. The number of halogens is 1. The topological polar surface area (TPSA) is 20.7 Å². The lowest BCUT2D eigenvalue weighted by Gasteiger charge is -2.23. The van der Waals surface area contributed by atoms with Crippen molar-refractivity contribution in [2.45, 2.75) is 26.2 Å². The van der Waals surface area contributed by atoms with Gasteiger partial charge in [-0.05, 0) is 47.5 Å². The Hall–Kier alpha value is -1.39. The first kappa shape index (κ1) is 14.5. The van der Waals surface area contributed by atoms with Crippen molar-refractivity contribution in [1.82, 2.24) is 9.55 Å². The van der Waals surface area contributed by atoms with Gasteiger partial charge in [-0.25, -0.2) is 0 Å². The van der Waals surface area contributed by atoms with E-state index in [2.05, 4.69) is 82.7 Å². The molecule has 0 aliphatic carbocycles. The Morgan fingerprint density at radius 3 is 2.52 bits per heavy atom. The molecule has 4 heteroatoms. The van der Waals surface area contributed by atoms with E-state index in [1.54, 1.807) is 0 Å². The van der Waals surface area contributed by atoms with E-state index < -0.39 is 0 Å². The molecule has 0 spiro atoms. The number of aromatic amines is 1. The first-order valence-electron chi connectivity index (χ1n) is 6.88. The molecule has 0 bridgehead atoms. The number of rotatable bonds is 1. The number of fused-ring (bicyclic) bond motifs is 1. The van der Waals surface area contributed by atoms with Gasteiger partial charge in [0.25, 0.3) is 0 Å². The van der Waals surface area contributed by atoms with Crippen LogP contribution < -0.4 is 0 Å². The molecule has 0 fully saturated rings. The summed E-state index contributed by atoms with van der Waals surface area (Å²) in [5.41, 5.74) is 4.62. The molecule has 1 aromatic heterocycles. The molecule has 108 valence electrons. The summed E-state index contributed by atoms with van der Waals surface area (Å²) in [4.78, 5) is 3.29. The van der Waals surface area contributed by atoms with Crippen molar-refractivity contribution in [3.63, 3.8) is 0 Å². The number of hydrogen-bond donors (Lipinski definition) is 1. The molecule has 0 aliphatic rings. The van der Waals surface area contributed by atoms with E-state index in [1.165, 1.54) is 5.56 Å². The number of benzene rings is 2. The Kier molecular flexibility index (Phi) is 3.54. The van der Waals surface area contributed by atoms with Gasteiger partial charge in [0.15, 0.2) is 4.77 Å². The summed E-state index contributed by atoms with van der Waals surface area (Å²) in [5, 5.41) is 0. The summed E-state index contributed by atoms with van der Waals surface area (Å²) in [5.74, 6) is 0. The largest absolute Gasteiger partial charge is 0.330 e. The predicted molar refractivity (Wildman–Crippen MR) is 94.9 cm³/mol. The lowest BCUT2D eigenvalue weighted by molar-refractivity contribution is 0.586. The minimum absolute atomic E-state index is 0.0598. The van der Waals surface area contributed by atoms with Crippen LogP contribution in [0.25, 0.3) is 16.7 Å². The molecule has 0 unspecified atom stereocenters. The van der Waals surface area contributed by atoms with E-state index in [1.807, 2.05) is 6.07 Å². The maximum absolute atomic E-state index is 5.55. The number of nitrogens with zero attached hydrogens (tertiary/aromatic N) is 1. The summed E-state index contributed by atoms with van der Waals surface area (Å²) >= 11 is 9.06. The van der Waals surface area contributed by atoms with Crippen molar-refractivity contribution in [3.8, 4) is 5.69 Å². The Morgan fingerprint density at radius 1 is 1.10 bits per heavy atom. The minimum Gasteiger partial charge on any atom is -0.330 e. The Labute approximate surface area is 137 Å². The molecule has 3 rings (SSSR count). The molecule has 3 aromatic rings.